The fraction of sp³-hybridized carbons (Fsp3) is 0.136. The second-order valence-corrected chi connectivity index (χ2v) is 7.77. The van der Waals surface area contributed by atoms with Gasteiger partial charge in [0, 0.05) is 23.7 Å². The van der Waals surface area contributed by atoms with Crippen LogP contribution in [0.4, 0.5) is 0 Å². The van der Waals surface area contributed by atoms with Crippen molar-refractivity contribution in [2.45, 2.75) is 20.0 Å². The van der Waals surface area contributed by atoms with Crippen molar-refractivity contribution in [3.8, 4) is 10.8 Å². The predicted molar refractivity (Wildman–Crippen MR) is 112 cm³/mol. The molecule has 146 valence electrons. The maximum Gasteiger partial charge on any atom is 0.271 e. The van der Waals surface area contributed by atoms with E-state index in [-0.39, 0.29) is 11.5 Å². The first-order valence-corrected chi connectivity index (χ1v) is 9.94. The molecular weight excluding hydrogens is 386 g/mol. The van der Waals surface area contributed by atoms with Gasteiger partial charge in [0.05, 0.1) is 12.8 Å². The summed E-state index contributed by atoms with van der Waals surface area (Å²) in [6, 6.07) is 16.6. The van der Waals surface area contributed by atoms with Gasteiger partial charge in [-0.2, -0.15) is 0 Å². The van der Waals surface area contributed by atoms with Crippen molar-refractivity contribution in [1.29, 1.82) is 0 Å². The summed E-state index contributed by atoms with van der Waals surface area (Å²) in [4.78, 5) is 29.6. The first-order chi connectivity index (χ1) is 14.1. The van der Waals surface area contributed by atoms with E-state index >= 15 is 0 Å². The molecule has 0 spiro atoms. The highest BCUT2D eigenvalue weighted by molar-refractivity contribution is 7.15. The van der Waals surface area contributed by atoms with Crippen LogP contribution in [-0.4, -0.2) is 15.5 Å². The van der Waals surface area contributed by atoms with Crippen LogP contribution >= 0.6 is 11.3 Å². The zero-order chi connectivity index (χ0) is 20.2. The van der Waals surface area contributed by atoms with Crippen molar-refractivity contribution >= 4 is 17.2 Å². The van der Waals surface area contributed by atoms with Crippen LogP contribution in [0.5, 0.6) is 0 Å². The summed E-state index contributed by atoms with van der Waals surface area (Å²) < 4.78 is 7.00. The number of thiazole rings is 1. The third-order valence-electron chi connectivity index (χ3n) is 4.47. The van der Waals surface area contributed by atoms with Gasteiger partial charge in [-0.3, -0.25) is 9.59 Å². The number of benzene rings is 1. The zero-order valence-electron chi connectivity index (χ0n) is 15.8. The van der Waals surface area contributed by atoms with Gasteiger partial charge in [-0.05, 0) is 36.2 Å². The van der Waals surface area contributed by atoms with Crippen molar-refractivity contribution in [3.63, 3.8) is 0 Å². The first kappa shape index (κ1) is 18.9. The summed E-state index contributed by atoms with van der Waals surface area (Å²) in [5.41, 5.74) is 2.38. The molecule has 29 heavy (non-hydrogen) atoms. The Bertz CT molecular complexity index is 1170. The highest BCUT2D eigenvalue weighted by Gasteiger charge is 2.17. The third-order valence-corrected chi connectivity index (χ3v) is 5.46. The van der Waals surface area contributed by atoms with Crippen molar-refractivity contribution < 1.29 is 9.21 Å². The van der Waals surface area contributed by atoms with Gasteiger partial charge in [0.25, 0.3) is 11.5 Å². The number of aromatic nitrogens is 2. The number of pyridine rings is 1. The zero-order valence-corrected chi connectivity index (χ0v) is 16.6. The van der Waals surface area contributed by atoms with Crippen LogP contribution in [-0.2, 0) is 13.1 Å². The van der Waals surface area contributed by atoms with E-state index in [0.717, 1.165) is 16.0 Å². The molecule has 1 amide bonds. The van der Waals surface area contributed by atoms with Gasteiger partial charge in [-0.15, -0.1) is 11.3 Å². The van der Waals surface area contributed by atoms with Crippen molar-refractivity contribution in [1.82, 2.24) is 14.9 Å². The van der Waals surface area contributed by atoms with E-state index in [9.17, 15) is 9.59 Å². The minimum Gasteiger partial charge on any atom is -0.462 e. The van der Waals surface area contributed by atoms with Crippen molar-refractivity contribution in [2.75, 3.05) is 0 Å². The van der Waals surface area contributed by atoms with E-state index < -0.39 is 0 Å². The third kappa shape index (κ3) is 4.35. The molecule has 7 heteroatoms. The van der Waals surface area contributed by atoms with Crippen LogP contribution in [0.3, 0.4) is 0 Å². The van der Waals surface area contributed by atoms with Crippen LogP contribution in [0.15, 0.2) is 76.3 Å². The highest BCUT2D eigenvalue weighted by Crippen LogP contribution is 2.27. The van der Waals surface area contributed by atoms with Gasteiger partial charge in [0.1, 0.15) is 5.69 Å². The minimum atomic E-state index is -0.212. The second-order valence-electron chi connectivity index (χ2n) is 6.57. The van der Waals surface area contributed by atoms with E-state index in [1.807, 2.05) is 43.3 Å². The molecule has 0 fully saturated rings. The SMILES string of the molecule is Cc1sc(-c2ccco2)nc1C(=O)NCc1ccc(Cn2ccccc2=O)cc1. The Morgan fingerprint density at radius 2 is 1.90 bits per heavy atom. The summed E-state index contributed by atoms with van der Waals surface area (Å²) in [5.74, 6) is 0.446. The number of furan rings is 1. The topological polar surface area (TPSA) is 77.1 Å². The summed E-state index contributed by atoms with van der Waals surface area (Å²) in [6.07, 6.45) is 3.35. The Hall–Kier alpha value is -3.45. The van der Waals surface area contributed by atoms with Crippen LogP contribution in [0.2, 0.25) is 0 Å². The van der Waals surface area contributed by atoms with Crippen LogP contribution in [0.1, 0.15) is 26.5 Å². The summed E-state index contributed by atoms with van der Waals surface area (Å²) in [7, 11) is 0. The smallest absolute Gasteiger partial charge is 0.271 e. The molecule has 0 radical (unpaired) electrons. The van der Waals surface area contributed by atoms with Gasteiger partial charge in [0.15, 0.2) is 10.8 Å². The lowest BCUT2D eigenvalue weighted by molar-refractivity contribution is 0.0946. The maximum atomic E-state index is 12.5. The first-order valence-electron chi connectivity index (χ1n) is 9.13. The van der Waals surface area contributed by atoms with Gasteiger partial charge in [-0.25, -0.2) is 4.98 Å². The normalized spacial score (nSPS) is 10.8. The molecule has 1 aromatic carbocycles. The van der Waals surface area contributed by atoms with Crippen LogP contribution in [0.25, 0.3) is 10.8 Å². The molecule has 3 aromatic heterocycles. The number of hydrogen-bond donors (Lipinski definition) is 1. The molecule has 0 unspecified atom stereocenters. The molecule has 0 saturated heterocycles. The molecule has 0 bridgehead atoms. The molecule has 0 aliphatic heterocycles. The van der Waals surface area contributed by atoms with Gasteiger partial charge in [0.2, 0.25) is 0 Å². The summed E-state index contributed by atoms with van der Waals surface area (Å²) in [6.45, 7) is 2.79. The van der Waals surface area contributed by atoms with Crippen molar-refractivity contribution in [2.24, 2.45) is 0 Å². The Balaban J connectivity index is 1.38. The Kier molecular flexibility index (Phi) is 5.39. The molecule has 0 saturated carbocycles. The Labute approximate surface area is 171 Å². The second kappa shape index (κ2) is 8.28. The fourth-order valence-electron chi connectivity index (χ4n) is 2.93. The van der Waals surface area contributed by atoms with E-state index in [1.165, 1.54) is 11.3 Å². The highest BCUT2D eigenvalue weighted by atomic mass is 32.1. The molecule has 1 N–H and O–H groups in total. The molecule has 6 nitrogen and oxygen atoms in total. The molecule has 4 rings (SSSR count). The van der Waals surface area contributed by atoms with Gasteiger partial charge >= 0.3 is 0 Å². The molecule has 0 aliphatic carbocycles. The Morgan fingerprint density at radius 1 is 1.10 bits per heavy atom. The number of nitrogens with zero attached hydrogens (tertiary/aromatic N) is 2. The lowest BCUT2D eigenvalue weighted by atomic mass is 10.1. The number of carbonyl (C=O) groups is 1. The molecule has 3 heterocycles. The standard InChI is InChI=1S/C22H19N3O3S/c1-15-20(24-22(29-15)18-5-4-12-28-18)21(27)23-13-16-7-9-17(10-8-16)14-25-11-3-2-6-19(25)26/h2-12H,13-14H2,1H3,(H,23,27). The largest absolute Gasteiger partial charge is 0.462 e. The lowest BCUT2D eigenvalue weighted by Gasteiger charge is -2.08. The fourth-order valence-corrected chi connectivity index (χ4v) is 3.81. The summed E-state index contributed by atoms with van der Waals surface area (Å²) >= 11 is 1.43. The van der Waals surface area contributed by atoms with Gasteiger partial charge in [-0.1, -0.05) is 30.3 Å². The number of rotatable bonds is 6. The Morgan fingerprint density at radius 3 is 2.62 bits per heavy atom. The van der Waals surface area contributed by atoms with E-state index in [1.54, 1.807) is 35.2 Å². The average Bonchev–Trinajstić information content (AvgIpc) is 3.39. The monoisotopic (exact) mass is 405 g/mol. The van der Waals surface area contributed by atoms with Crippen LogP contribution in [0, 0.1) is 6.92 Å². The van der Waals surface area contributed by atoms with Crippen molar-refractivity contribution in [3.05, 3.63) is 99.1 Å². The number of amides is 1. The van der Waals surface area contributed by atoms with E-state index in [4.69, 9.17) is 4.42 Å². The number of hydrogen-bond acceptors (Lipinski definition) is 5. The molecule has 0 aliphatic rings. The van der Waals surface area contributed by atoms with Crippen LogP contribution < -0.4 is 10.9 Å². The minimum absolute atomic E-state index is 0.0311. The molecular formula is C22H19N3O3S. The van der Waals surface area contributed by atoms with Gasteiger partial charge < -0.3 is 14.3 Å². The average molecular weight is 405 g/mol. The molecule has 0 atom stereocenters. The quantitative estimate of drug-likeness (QED) is 0.529. The lowest BCUT2D eigenvalue weighted by Crippen LogP contribution is -2.23. The number of nitrogens with one attached hydrogen (secondary N) is 1. The number of aryl methyl sites for hydroxylation is 1. The predicted octanol–water partition coefficient (Wildman–Crippen LogP) is 3.85. The molecule has 4 aromatic rings. The number of carbonyl (C=O) groups excluding carboxylic acids is 1. The van der Waals surface area contributed by atoms with E-state index in [2.05, 4.69) is 10.3 Å². The maximum absolute atomic E-state index is 12.5. The van der Waals surface area contributed by atoms with E-state index in [0.29, 0.717) is 29.6 Å². The summed E-state index contributed by atoms with van der Waals surface area (Å²) in [5, 5.41) is 3.61.